The van der Waals surface area contributed by atoms with E-state index in [9.17, 15) is 15.3 Å². The van der Waals surface area contributed by atoms with Gasteiger partial charge >= 0.3 is 0 Å². The van der Waals surface area contributed by atoms with Crippen LogP contribution in [0.1, 0.15) is 21.4 Å². The third-order valence-electron chi connectivity index (χ3n) is 3.87. The smallest absolute Gasteiger partial charge is 0.179 e. The number of hydrogen-bond donors (Lipinski definition) is 4. The summed E-state index contributed by atoms with van der Waals surface area (Å²) in [6.07, 6.45) is -1.06. The highest BCUT2D eigenvalue weighted by Gasteiger charge is 2.43. The number of aromatic nitrogens is 4. The number of rotatable bonds is 4. The van der Waals surface area contributed by atoms with E-state index >= 15 is 0 Å². The van der Waals surface area contributed by atoms with Gasteiger partial charge in [0, 0.05) is 0 Å². The van der Waals surface area contributed by atoms with Gasteiger partial charge in [-0.25, -0.2) is 9.97 Å². The van der Waals surface area contributed by atoms with Crippen LogP contribution >= 0.6 is 0 Å². The fraction of sp³-hybridized carbons (Fsp3) is 0.533. The normalized spacial score (nSPS) is 28.4. The van der Waals surface area contributed by atoms with Gasteiger partial charge in [-0.15, -0.1) is 0 Å². The summed E-state index contributed by atoms with van der Waals surface area (Å²) in [7, 11) is 0. The number of imidazole rings is 1. The van der Waals surface area contributed by atoms with Crippen molar-refractivity contribution in [3.05, 3.63) is 29.8 Å². The minimum atomic E-state index is -1.24. The van der Waals surface area contributed by atoms with Crippen LogP contribution in [0.2, 0.25) is 0 Å². The fourth-order valence-corrected chi connectivity index (χ4v) is 2.56. The van der Waals surface area contributed by atoms with E-state index in [4.69, 9.17) is 6.11 Å². The molecule has 1 fully saturated rings. The van der Waals surface area contributed by atoms with Crippen molar-refractivity contribution in [3.63, 3.8) is 0 Å². The second kappa shape index (κ2) is 6.81. The predicted molar refractivity (Wildman–Crippen MR) is 84.7 cm³/mol. The van der Waals surface area contributed by atoms with Crippen LogP contribution in [0.15, 0.2) is 29.3 Å². The second-order valence-electron chi connectivity index (χ2n) is 5.87. The number of aliphatic hydroxyl groups excluding tert-OH is 3. The Hall–Kier alpha value is -2.07. The Morgan fingerprint density at radius 1 is 1.46 bits per heavy atom. The van der Waals surface area contributed by atoms with Gasteiger partial charge in [0.05, 0.1) is 25.8 Å². The van der Waals surface area contributed by atoms with Crippen molar-refractivity contribution in [1.29, 1.82) is 0 Å². The van der Waals surface area contributed by atoms with Gasteiger partial charge in [0.15, 0.2) is 11.7 Å². The lowest BCUT2D eigenvalue weighted by atomic mass is 10.1. The number of nitrogens with zero attached hydrogens (tertiary/aromatic N) is 4. The van der Waals surface area contributed by atoms with Crippen molar-refractivity contribution in [1.82, 2.24) is 19.5 Å². The van der Waals surface area contributed by atoms with Crippen molar-refractivity contribution in [2.75, 3.05) is 13.2 Å². The molecule has 1 saturated heterocycles. The lowest BCUT2D eigenvalue weighted by Crippen LogP contribution is -2.33. The van der Waals surface area contributed by atoms with Gasteiger partial charge in [-0.05, 0) is 13.8 Å². The number of H-pyrrole nitrogens is 1. The van der Waals surface area contributed by atoms with E-state index in [1.807, 2.05) is 19.9 Å². The molecule has 4 atom stereocenters. The van der Waals surface area contributed by atoms with Crippen LogP contribution in [-0.2, 0) is 4.74 Å². The minimum Gasteiger partial charge on any atom is -0.394 e. The highest BCUT2D eigenvalue weighted by Crippen LogP contribution is 2.30. The van der Waals surface area contributed by atoms with Crippen molar-refractivity contribution in [2.45, 2.75) is 38.4 Å². The van der Waals surface area contributed by atoms with Crippen molar-refractivity contribution in [2.24, 2.45) is 4.99 Å². The fourth-order valence-electron chi connectivity index (χ4n) is 2.56. The molecule has 0 aliphatic carbocycles. The van der Waals surface area contributed by atoms with Gasteiger partial charge < -0.3 is 25.0 Å². The van der Waals surface area contributed by atoms with E-state index in [1.54, 1.807) is 0 Å². The Balaban J connectivity index is 2.05. The molecule has 1 aliphatic heterocycles. The van der Waals surface area contributed by atoms with Crippen molar-refractivity contribution >= 4 is 11.2 Å². The summed E-state index contributed by atoms with van der Waals surface area (Å²) < 4.78 is 14.8. The number of aliphatic hydroxyl groups is 3. The Kier molecular flexibility index (Phi) is 4.39. The molecular weight excluding hydrogens is 314 g/mol. The maximum Gasteiger partial charge on any atom is 0.179 e. The first kappa shape index (κ1) is 15.5. The Morgan fingerprint density at radius 3 is 2.92 bits per heavy atom. The second-order valence-corrected chi connectivity index (χ2v) is 5.87. The molecule has 0 aromatic carbocycles. The van der Waals surface area contributed by atoms with Gasteiger partial charge in [0.25, 0.3) is 0 Å². The zero-order valence-corrected chi connectivity index (χ0v) is 13.4. The topological polar surface area (TPSA) is 129 Å². The zero-order valence-electron chi connectivity index (χ0n) is 14.4. The Morgan fingerprint density at radius 2 is 2.25 bits per heavy atom. The quantitative estimate of drug-likeness (QED) is 0.543. The molecule has 9 heteroatoms. The average molecular weight is 337 g/mol. The standard InChI is InChI=1S/C15H21N5O4/c1-8(2)3-4-16-13-10-14(18-6-17-13)20(7-19-10)15-12(23)11(22)9(5-21)24-15/h3,6-7,9,11-12,15,21-23H,4-5H2,1-2H3,(H,16,17,18)/t9-,11+,12-,15-/m1/s1/i6T. The molecule has 0 spiro atoms. The van der Waals surface area contributed by atoms with E-state index in [0.717, 1.165) is 5.57 Å². The molecule has 24 heavy (non-hydrogen) atoms. The summed E-state index contributed by atoms with van der Waals surface area (Å²) in [5.74, 6) is 0. The van der Waals surface area contributed by atoms with Crippen LogP contribution in [0.5, 0.6) is 0 Å². The molecule has 4 N–H and O–H groups in total. The van der Waals surface area contributed by atoms with Crippen LogP contribution < -0.4 is 5.49 Å². The lowest BCUT2D eigenvalue weighted by Gasteiger charge is -2.16. The number of fused-ring (bicyclic) bond motifs is 1. The van der Waals surface area contributed by atoms with E-state index in [2.05, 4.69) is 19.9 Å². The van der Waals surface area contributed by atoms with Crippen molar-refractivity contribution in [3.8, 4) is 0 Å². The van der Waals surface area contributed by atoms with Gasteiger partial charge in [-0.1, -0.05) is 11.6 Å². The number of ether oxygens (including phenoxy) is 1. The molecule has 0 radical (unpaired) electrons. The van der Waals surface area contributed by atoms with Crippen LogP contribution in [0.4, 0.5) is 0 Å². The Labute approximate surface area is 139 Å². The van der Waals surface area contributed by atoms with Crippen LogP contribution in [0.25, 0.3) is 11.2 Å². The summed E-state index contributed by atoms with van der Waals surface area (Å²) in [6, 6.07) is 0. The number of hydrogen-bond acceptors (Lipinski definition) is 7. The zero-order chi connectivity index (χ0) is 18.1. The van der Waals surface area contributed by atoms with Crippen LogP contribution in [0, 0.1) is 0 Å². The summed E-state index contributed by atoms with van der Waals surface area (Å²) in [6.45, 7) is 3.92. The SMILES string of the molecule is [3H]c1nc(=NCC=C(C)C)c2ncn([C@@H]3O[C@H](CO)[C@H](O)[C@H]3O)c2[nH]1. The van der Waals surface area contributed by atoms with E-state index in [-0.39, 0.29) is 6.30 Å². The summed E-state index contributed by atoms with van der Waals surface area (Å²) in [5, 5.41) is 29.3. The summed E-state index contributed by atoms with van der Waals surface area (Å²) >= 11 is 0. The maximum atomic E-state index is 10.2. The first-order valence-electron chi connectivity index (χ1n) is 8.12. The maximum absolute atomic E-state index is 10.2. The highest BCUT2D eigenvalue weighted by molar-refractivity contribution is 5.68. The van der Waals surface area contributed by atoms with E-state index < -0.39 is 31.1 Å². The molecule has 2 aromatic rings. The molecule has 1 aliphatic rings. The molecule has 2 aromatic heterocycles. The summed E-state index contributed by atoms with van der Waals surface area (Å²) in [5.41, 5.74) is 2.24. The van der Waals surface area contributed by atoms with Gasteiger partial charge in [-0.3, -0.25) is 9.56 Å². The van der Waals surface area contributed by atoms with E-state index in [1.165, 1.54) is 10.9 Å². The molecule has 130 valence electrons. The number of allylic oxidation sites excluding steroid dienone is 1. The Bertz CT molecular complexity index is 857. The van der Waals surface area contributed by atoms with Gasteiger partial charge in [0.1, 0.15) is 30.8 Å². The average Bonchev–Trinajstić information content (AvgIpc) is 3.09. The molecule has 9 nitrogen and oxygen atoms in total. The third kappa shape index (κ3) is 2.98. The lowest BCUT2D eigenvalue weighted by molar-refractivity contribution is -0.0511. The first-order chi connectivity index (χ1) is 11.9. The molecule has 0 unspecified atom stereocenters. The molecule has 0 bridgehead atoms. The molecular formula is C15H21N5O4. The summed E-state index contributed by atoms with van der Waals surface area (Å²) in [4.78, 5) is 15.4. The van der Waals surface area contributed by atoms with Crippen LogP contribution in [0.3, 0.4) is 0 Å². The van der Waals surface area contributed by atoms with Crippen LogP contribution in [-0.4, -0.2) is 66.3 Å². The molecule has 0 amide bonds. The number of aromatic amines is 1. The number of nitrogens with one attached hydrogen (secondary N) is 1. The van der Waals surface area contributed by atoms with E-state index in [0.29, 0.717) is 23.2 Å². The minimum absolute atomic E-state index is 0.114. The van der Waals surface area contributed by atoms with Gasteiger partial charge in [0.2, 0.25) is 0 Å². The van der Waals surface area contributed by atoms with Crippen molar-refractivity contribution < 1.29 is 21.4 Å². The van der Waals surface area contributed by atoms with Gasteiger partial charge in [-0.2, -0.15) is 0 Å². The predicted octanol–water partition coefficient (Wildman–Crippen LogP) is -0.762. The molecule has 0 saturated carbocycles. The largest absolute Gasteiger partial charge is 0.394 e. The first-order valence-corrected chi connectivity index (χ1v) is 7.62. The molecule has 3 heterocycles. The highest BCUT2D eigenvalue weighted by atomic mass is 16.6. The third-order valence-corrected chi connectivity index (χ3v) is 3.87. The molecule has 3 rings (SSSR count). The monoisotopic (exact) mass is 337 g/mol.